The Bertz CT molecular complexity index is 504. The van der Waals surface area contributed by atoms with Crippen LogP contribution in [0.5, 0.6) is 5.75 Å². The normalized spacial score (nSPS) is 10.5. The van der Waals surface area contributed by atoms with Crippen molar-refractivity contribution >= 4 is 0 Å². The van der Waals surface area contributed by atoms with E-state index in [4.69, 9.17) is 4.74 Å². The zero-order chi connectivity index (χ0) is 14.8. The van der Waals surface area contributed by atoms with Gasteiger partial charge in [0.25, 0.3) is 0 Å². The van der Waals surface area contributed by atoms with Crippen LogP contribution in [0.3, 0.4) is 0 Å². The minimum absolute atomic E-state index is 0.808. The highest BCUT2D eigenvalue weighted by Gasteiger charge is 2.04. The lowest BCUT2D eigenvalue weighted by Gasteiger charge is -2.11. The maximum Gasteiger partial charge on any atom is 0.127 e. The number of benzene rings is 2. The Morgan fingerprint density at radius 2 is 1.57 bits per heavy atom. The molecule has 0 aromatic heterocycles. The third-order valence-electron chi connectivity index (χ3n) is 3.67. The van der Waals surface area contributed by atoms with Crippen molar-refractivity contribution in [1.29, 1.82) is 0 Å². The van der Waals surface area contributed by atoms with E-state index in [1.807, 2.05) is 18.2 Å². The fourth-order valence-corrected chi connectivity index (χ4v) is 2.46. The van der Waals surface area contributed by atoms with E-state index in [9.17, 15) is 0 Å². The summed E-state index contributed by atoms with van der Waals surface area (Å²) in [4.78, 5) is 0. The van der Waals surface area contributed by atoms with Gasteiger partial charge in [-0.3, -0.25) is 0 Å². The molecule has 111 valence electrons. The molecule has 0 amide bonds. The molecule has 0 aliphatic carbocycles. The fourth-order valence-electron chi connectivity index (χ4n) is 2.46. The van der Waals surface area contributed by atoms with Gasteiger partial charge < -0.3 is 4.74 Å². The molecule has 21 heavy (non-hydrogen) atoms. The van der Waals surface area contributed by atoms with E-state index >= 15 is 0 Å². The summed E-state index contributed by atoms with van der Waals surface area (Å²) in [6.07, 6.45) is 7.75. The summed E-state index contributed by atoms with van der Waals surface area (Å²) >= 11 is 0. The van der Waals surface area contributed by atoms with Crippen LogP contribution in [0.15, 0.2) is 48.5 Å². The average molecular weight is 281 g/mol. The Balaban J connectivity index is 1.84. The van der Waals surface area contributed by atoms with Gasteiger partial charge in [-0.15, -0.1) is 0 Å². The predicted octanol–water partition coefficient (Wildman–Crippen LogP) is 5.89. The van der Waals surface area contributed by atoms with Crippen molar-refractivity contribution in [2.45, 2.75) is 45.4 Å². The lowest BCUT2D eigenvalue weighted by molar-refractivity contribution is 0.305. The van der Waals surface area contributed by atoms with Gasteiger partial charge in [0, 0.05) is 5.56 Å². The molecule has 1 nitrogen and oxygen atoms in total. The van der Waals surface area contributed by atoms with Gasteiger partial charge >= 0.3 is 0 Å². The first kappa shape index (κ1) is 15.6. The van der Waals surface area contributed by atoms with E-state index in [-0.39, 0.29) is 0 Å². The number of hydrogen-bond donors (Lipinski definition) is 0. The third kappa shape index (κ3) is 5.26. The summed E-state index contributed by atoms with van der Waals surface area (Å²) in [5.41, 5.74) is 2.35. The highest BCUT2D eigenvalue weighted by Crippen LogP contribution is 2.29. The minimum Gasteiger partial charge on any atom is -0.493 e. The second kappa shape index (κ2) is 9.23. The summed E-state index contributed by atoms with van der Waals surface area (Å²) in [5.74, 6) is 0.984. The van der Waals surface area contributed by atoms with Crippen molar-refractivity contribution in [2.75, 3.05) is 6.61 Å². The van der Waals surface area contributed by atoms with Crippen molar-refractivity contribution in [2.24, 2.45) is 0 Å². The Hall–Kier alpha value is -1.76. The summed E-state index contributed by atoms with van der Waals surface area (Å²) < 4.78 is 5.99. The first-order valence-electron chi connectivity index (χ1n) is 8.10. The molecule has 0 saturated carbocycles. The summed E-state index contributed by atoms with van der Waals surface area (Å²) in [6, 6.07) is 19.4. The van der Waals surface area contributed by atoms with Gasteiger partial charge in [-0.05, 0) is 24.1 Å². The quantitative estimate of drug-likeness (QED) is 0.520. The van der Waals surface area contributed by atoms with Crippen LogP contribution < -0.4 is 4.74 Å². The maximum atomic E-state index is 5.99. The summed E-state index contributed by atoms with van der Waals surface area (Å²) in [7, 11) is 0. The lowest BCUT2D eigenvalue weighted by Crippen LogP contribution is -1.98. The van der Waals surface area contributed by atoms with Crippen LogP contribution in [-0.4, -0.2) is 6.61 Å². The van der Waals surface area contributed by atoms with E-state index in [2.05, 4.69) is 43.3 Å². The molecule has 1 heteroatoms. The highest BCUT2D eigenvalue weighted by molar-refractivity contribution is 5.70. The van der Waals surface area contributed by atoms with E-state index in [1.165, 1.54) is 37.7 Å². The molecule has 0 aliphatic heterocycles. The van der Waals surface area contributed by atoms with E-state index < -0.39 is 0 Å². The second-order valence-electron chi connectivity index (χ2n) is 5.40. The summed E-state index contributed by atoms with van der Waals surface area (Å²) in [5, 5.41) is 0. The monoisotopic (exact) mass is 281 g/mol. The van der Waals surface area contributed by atoms with Crippen molar-refractivity contribution in [3.05, 3.63) is 54.6 Å². The second-order valence-corrected chi connectivity index (χ2v) is 5.40. The van der Waals surface area contributed by atoms with Crippen LogP contribution in [0.4, 0.5) is 0 Å². The molecule has 2 aromatic carbocycles. The number of ether oxygens (including phenoxy) is 1. The van der Waals surface area contributed by atoms with Gasteiger partial charge in [-0.1, -0.05) is 81.5 Å². The molecule has 0 N–H and O–H groups in total. The molecule has 0 spiro atoms. The zero-order valence-corrected chi connectivity index (χ0v) is 13.0. The first-order chi connectivity index (χ1) is 10.4. The molecule has 0 saturated heterocycles. The minimum atomic E-state index is 0.808. The van der Waals surface area contributed by atoms with E-state index in [1.54, 1.807) is 0 Å². The van der Waals surface area contributed by atoms with Gasteiger partial charge in [0.1, 0.15) is 5.75 Å². The fraction of sp³-hybridized carbons (Fsp3) is 0.400. The molecule has 0 heterocycles. The van der Waals surface area contributed by atoms with Crippen molar-refractivity contribution in [3.8, 4) is 16.9 Å². The Labute approximate surface area is 129 Å². The number of hydrogen-bond acceptors (Lipinski definition) is 1. The van der Waals surface area contributed by atoms with Crippen LogP contribution in [0.2, 0.25) is 0 Å². The van der Waals surface area contributed by atoms with Crippen LogP contribution in [0.25, 0.3) is 11.1 Å². The highest BCUT2D eigenvalue weighted by atomic mass is 16.5. The molecule has 2 rings (SSSR count). The van der Waals surface area contributed by atoms with Crippen molar-refractivity contribution in [1.82, 2.24) is 0 Å². The Morgan fingerprint density at radius 1 is 0.857 bits per heavy atom. The van der Waals surface area contributed by atoms with Gasteiger partial charge in [0.2, 0.25) is 0 Å². The molecular formula is C20H25O. The van der Waals surface area contributed by atoms with Crippen molar-refractivity contribution in [3.63, 3.8) is 0 Å². The van der Waals surface area contributed by atoms with Gasteiger partial charge in [0.05, 0.1) is 6.61 Å². The molecule has 0 fully saturated rings. The number of para-hydroxylation sites is 1. The molecule has 1 radical (unpaired) electrons. The Morgan fingerprint density at radius 3 is 2.38 bits per heavy atom. The topological polar surface area (TPSA) is 9.23 Å². The summed E-state index contributed by atoms with van der Waals surface area (Å²) in [6.45, 7) is 3.06. The van der Waals surface area contributed by atoms with E-state index in [0.717, 1.165) is 24.3 Å². The molecular weight excluding hydrogens is 256 g/mol. The van der Waals surface area contributed by atoms with Gasteiger partial charge in [-0.25, -0.2) is 0 Å². The first-order valence-corrected chi connectivity index (χ1v) is 8.10. The molecule has 0 unspecified atom stereocenters. The molecule has 0 atom stereocenters. The molecule has 0 bridgehead atoms. The third-order valence-corrected chi connectivity index (χ3v) is 3.67. The smallest absolute Gasteiger partial charge is 0.127 e. The van der Waals surface area contributed by atoms with Crippen LogP contribution >= 0.6 is 0 Å². The number of unbranched alkanes of at least 4 members (excludes halogenated alkanes) is 5. The van der Waals surface area contributed by atoms with Gasteiger partial charge in [0.15, 0.2) is 0 Å². The average Bonchev–Trinajstić information content (AvgIpc) is 2.55. The molecule has 0 aliphatic rings. The predicted molar refractivity (Wildman–Crippen MR) is 89.6 cm³/mol. The number of rotatable bonds is 9. The Kier molecular flexibility index (Phi) is 6.87. The van der Waals surface area contributed by atoms with Crippen LogP contribution in [-0.2, 0) is 0 Å². The van der Waals surface area contributed by atoms with E-state index in [0.29, 0.717) is 0 Å². The van der Waals surface area contributed by atoms with Crippen LogP contribution in [0, 0.1) is 6.07 Å². The largest absolute Gasteiger partial charge is 0.493 e. The van der Waals surface area contributed by atoms with Gasteiger partial charge in [-0.2, -0.15) is 0 Å². The maximum absolute atomic E-state index is 5.99. The molecule has 2 aromatic rings. The standard InChI is InChI=1S/C20H25O/c1-2-3-4-5-6-12-17-21-20-16-11-10-15-19(20)18-13-8-7-9-14-18/h8-11,13-16H,2-6,12,17H2,1H3. The zero-order valence-electron chi connectivity index (χ0n) is 13.0. The van der Waals surface area contributed by atoms with Crippen LogP contribution in [0.1, 0.15) is 45.4 Å². The lowest BCUT2D eigenvalue weighted by atomic mass is 10.0. The SMILES string of the molecule is CCCCCCCCOc1ccccc1-c1cc[c]cc1. The van der Waals surface area contributed by atoms with Crippen molar-refractivity contribution < 1.29 is 4.74 Å².